The predicted octanol–water partition coefficient (Wildman–Crippen LogP) is 3.72. The molecule has 2 aromatic heterocycles. The zero-order valence-corrected chi connectivity index (χ0v) is 11.9. The third-order valence-corrected chi connectivity index (χ3v) is 3.45. The molecule has 108 valence electrons. The smallest absolute Gasteiger partial charge is 0.231 e. The van der Waals surface area contributed by atoms with Gasteiger partial charge in [-0.2, -0.15) is 5.10 Å². The molecule has 0 saturated carbocycles. The summed E-state index contributed by atoms with van der Waals surface area (Å²) in [6, 6.07) is 4.24. The summed E-state index contributed by atoms with van der Waals surface area (Å²) in [4.78, 5) is 12.5. The monoisotopic (exact) mass is 286 g/mol. The third kappa shape index (κ3) is 2.35. The quantitative estimate of drug-likeness (QED) is 0.687. The molecule has 0 radical (unpaired) electrons. The van der Waals surface area contributed by atoms with Gasteiger partial charge < -0.3 is 4.42 Å². The van der Waals surface area contributed by atoms with Gasteiger partial charge in [-0.1, -0.05) is 6.92 Å². The number of hydrogen-bond donors (Lipinski definition) is 0. The summed E-state index contributed by atoms with van der Waals surface area (Å²) in [6.07, 6.45) is 4.18. The largest absolute Gasteiger partial charge is 0.452 e. The standard InChI is InChI=1S/C16H15FN2O2/c1-3-6-19-9-11(8-18-19)15(20)16-10(2)13-7-12(17)4-5-14(13)21-16/h4-5,7-9H,3,6H2,1-2H3. The van der Waals surface area contributed by atoms with Gasteiger partial charge in [0.1, 0.15) is 11.4 Å². The Morgan fingerprint density at radius 1 is 1.43 bits per heavy atom. The lowest BCUT2D eigenvalue weighted by Crippen LogP contribution is -2.01. The zero-order chi connectivity index (χ0) is 15.0. The molecule has 0 unspecified atom stereocenters. The van der Waals surface area contributed by atoms with Crippen LogP contribution in [0.5, 0.6) is 0 Å². The van der Waals surface area contributed by atoms with Crippen LogP contribution in [0.4, 0.5) is 4.39 Å². The first kappa shape index (κ1) is 13.5. The molecule has 0 N–H and O–H groups in total. The Hall–Kier alpha value is -2.43. The van der Waals surface area contributed by atoms with Gasteiger partial charge in [0.2, 0.25) is 5.78 Å². The van der Waals surface area contributed by atoms with Crippen molar-refractivity contribution in [1.82, 2.24) is 9.78 Å². The van der Waals surface area contributed by atoms with Crippen molar-refractivity contribution in [2.45, 2.75) is 26.8 Å². The van der Waals surface area contributed by atoms with Crippen molar-refractivity contribution in [2.75, 3.05) is 0 Å². The molecule has 2 heterocycles. The molecule has 3 aromatic rings. The summed E-state index contributed by atoms with van der Waals surface area (Å²) < 4.78 is 20.6. The topological polar surface area (TPSA) is 48.0 Å². The van der Waals surface area contributed by atoms with Crippen molar-refractivity contribution in [3.05, 3.63) is 53.3 Å². The van der Waals surface area contributed by atoms with E-state index in [9.17, 15) is 9.18 Å². The van der Waals surface area contributed by atoms with E-state index in [-0.39, 0.29) is 17.4 Å². The number of nitrogens with zero attached hydrogens (tertiary/aromatic N) is 2. The Labute approximate surface area is 121 Å². The van der Waals surface area contributed by atoms with E-state index in [1.54, 1.807) is 17.8 Å². The van der Waals surface area contributed by atoms with Crippen LogP contribution in [0, 0.1) is 12.7 Å². The molecule has 0 atom stereocenters. The van der Waals surface area contributed by atoms with Crippen LogP contribution < -0.4 is 0 Å². The van der Waals surface area contributed by atoms with Crippen molar-refractivity contribution < 1.29 is 13.6 Å². The molecule has 21 heavy (non-hydrogen) atoms. The maximum atomic E-state index is 13.3. The van der Waals surface area contributed by atoms with Crippen molar-refractivity contribution in [1.29, 1.82) is 0 Å². The Kier molecular flexibility index (Phi) is 3.33. The first-order chi connectivity index (χ1) is 10.1. The summed E-state index contributed by atoms with van der Waals surface area (Å²) in [5.41, 5.74) is 1.64. The van der Waals surface area contributed by atoms with E-state index in [0.29, 0.717) is 22.1 Å². The molecular weight excluding hydrogens is 271 g/mol. The lowest BCUT2D eigenvalue weighted by atomic mass is 10.1. The van der Waals surface area contributed by atoms with Gasteiger partial charge in [0, 0.05) is 23.7 Å². The second kappa shape index (κ2) is 5.16. The van der Waals surface area contributed by atoms with Gasteiger partial charge in [0.05, 0.1) is 11.8 Å². The number of benzene rings is 1. The number of carbonyl (C=O) groups is 1. The normalized spacial score (nSPS) is 11.2. The van der Waals surface area contributed by atoms with Crippen molar-refractivity contribution in [2.24, 2.45) is 0 Å². The van der Waals surface area contributed by atoms with Crippen LogP contribution in [0.3, 0.4) is 0 Å². The lowest BCUT2D eigenvalue weighted by molar-refractivity contribution is 0.101. The van der Waals surface area contributed by atoms with Crippen LogP contribution in [-0.4, -0.2) is 15.6 Å². The molecule has 0 aliphatic heterocycles. The molecular formula is C16H15FN2O2. The Morgan fingerprint density at radius 3 is 3.00 bits per heavy atom. The molecule has 0 amide bonds. The van der Waals surface area contributed by atoms with E-state index < -0.39 is 0 Å². The van der Waals surface area contributed by atoms with Crippen LogP contribution in [0.2, 0.25) is 0 Å². The minimum Gasteiger partial charge on any atom is -0.452 e. The van der Waals surface area contributed by atoms with Crippen LogP contribution in [-0.2, 0) is 6.54 Å². The van der Waals surface area contributed by atoms with Gasteiger partial charge in [-0.25, -0.2) is 4.39 Å². The average Bonchev–Trinajstić information content (AvgIpc) is 3.05. The highest BCUT2D eigenvalue weighted by atomic mass is 19.1. The minimum absolute atomic E-state index is 0.230. The highest BCUT2D eigenvalue weighted by Crippen LogP contribution is 2.27. The van der Waals surface area contributed by atoms with Crippen molar-refractivity contribution >= 4 is 16.8 Å². The number of furan rings is 1. The summed E-state index contributed by atoms with van der Waals surface area (Å²) in [5.74, 6) is -0.334. The summed E-state index contributed by atoms with van der Waals surface area (Å²) in [7, 11) is 0. The first-order valence-corrected chi connectivity index (χ1v) is 6.86. The van der Waals surface area contributed by atoms with E-state index in [4.69, 9.17) is 4.42 Å². The molecule has 0 aliphatic carbocycles. The average molecular weight is 286 g/mol. The SMILES string of the molecule is CCCn1cc(C(=O)c2oc3ccc(F)cc3c2C)cn1. The van der Waals surface area contributed by atoms with E-state index in [1.165, 1.54) is 24.4 Å². The number of ketones is 1. The van der Waals surface area contributed by atoms with Gasteiger partial charge in [0.15, 0.2) is 5.76 Å². The Balaban J connectivity index is 2.02. The fraction of sp³-hybridized carbons (Fsp3) is 0.250. The highest BCUT2D eigenvalue weighted by Gasteiger charge is 2.20. The first-order valence-electron chi connectivity index (χ1n) is 6.86. The maximum absolute atomic E-state index is 13.3. The number of carbonyl (C=O) groups excluding carboxylic acids is 1. The van der Waals surface area contributed by atoms with Gasteiger partial charge in [0.25, 0.3) is 0 Å². The lowest BCUT2D eigenvalue weighted by Gasteiger charge is -1.96. The number of fused-ring (bicyclic) bond motifs is 1. The third-order valence-electron chi connectivity index (χ3n) is 3.45. The summed E-state index contributed by atoms with van der Waals surface area (Å²) >= 11 is 0. The van der Waals surface area contributed by atoms with E-state index in [1.807, 2.05) is 6.92 Å². The van der Waals surface area contributed by atoms with Crippen LogP contribution in [0.1, 0.15) is 35.0 Å². The number of aryl methyl sites for hydroxylation is 2. The molecule has 0 spiro atoms. The molecule has 3 rings (SSSR count). The number of halogens is 1. The Bertz CT molecular complexity index is 817. The van der Waals surface area contributed by atoms with Crippen molar-refractivity contribution in [3.8, 4) is 0 Å². The maximum Gasteiger partial charge on any atom is 0.231 e. The van der Waals surface area contributed by atoms with Crippen LogP contribution in [0.25, 0.3) is 11.0 Å². The molecule has 1 aromatic carbocycles. The molecule has 5 heteroatoms. The van der Waals surface area contributed by atoms with E-state index >= 15 is 0 Å². The number of rotatable bonds is 4. The van der Waals surface area contributed by atoms with Crippen LogP contribution >= 0.6 is 0 Å². The number of aromatic nitrogens is 2. The molecule has 0 fully saturated rings. The van der Waals surface area contributed by atoms with Crippen LogP contribution in [0.15, 0.2) is 35.0 Å². The second-order valence-corrected chi connectivity index (χ2v) is 5.02. The van der Waals surface area contributed by atoms with Crippen molar-refractivity contribution in [3.63, 3.8) is 0 Å². The minimum atomic E-state index is -0.346. The van der Waals surface area contributed by atoms with Gasteiger partial charge in [-0.15, -0.1) is 0 Å². The highest BCUT2D eigenvalue weighted by molar-refractivity contribution is 6.10. The van der Waals surface area contributed by atoms with E-state index in [0.717, 1.165) is 13.0 Å². The second-order valence-electron chi connectivity index (χ2n) is 5.02. The summed E-state index contributed by atoms with van der Waals surface area (Å²) in [5, 5.41) is 4.77. The molecule has 0 saturated heterocycles. The van der Waals surface area contributed by atoms with E-state index in [2.05, 4.69) is 5.10 Å². The molecule has 0 aliphatic rings. The zero-order valence-electron chi connectivity index (χ0n) is 11.9. The predicted molar refractivity (Wildman–Crippen MR) is 76.9 cm³/mol. The fourth-order valence-electron chi connectivity index (χ4n) is 2.37. The van der Waals surface area contributed by atoms with Gasteiger partial charge in [-0.05, 0) is 31.5 Å². The molecule has 4 nitrogen and oxygen atoms in total. The van der Waals surface area contributed by atoms with Gasteiger partial charge >= 0.3 is 0 Å². The molecule has 0 bridgehead atoms. The number of hydrogen-bond acceptors (Lipinski definition) is 3. The summed E-state index contributed by atoms with van der Waals surface area (Å²) in [6.45, 7) is 4.56. The fourth-order valence-corrected chi connectivity index (χ4v) is 2.37. The Morgan fingerprint density at radius 2 is 2.24 bits per heavy atom. The van der Waals surface area contributed by atoms with Gasteiger partial charge in [-0.3, -0.25) is 9.48 Å².